The molecule has 3 N–H and O–H groups in total. The minimum absolute atomic E-state index is 0.109. The molecule has 0 aliphatic carbocycles. The molecule has 0 atom stereocenters. The molecule has 0 radical (unpaired) electrons. The zero-order valence-corrected chi connectivity index (χ0v) is 10.3. The van der Waals surface area contributed by atoms with E-state index in [2.05, 4.69) is 9.97 Å². The average Bonchev–Trinajstić information content (AvgIpc) is 2.26. The standard InChI is InChI=1S/C13H13F2N3O/c1-2-10-12(16)17-11(18-13(10)19)5-7-3-8(14)6-9(15)4-7/h3-4,6H,2,5H2,1H3,(H3,16,17,18,19). The van der Waals surface area contributed by atoms with Crippen molar-refractivity contribution < 1.29 is 8.78 Å². The van der Waals surface area contributed by atoms with Crippen LogP contribution in [0.25, 0.3) is 0 Å². The molecule has 1 aromatic carbocycles. The van der Waals surface area contributed by atoms with Gasteiger partial charge in [0.1, 0.15) is 23.3 Å². The van der Waals surface area contributed by atoms with Gasteiger partial charge in [-0.25, -0.2) is 13.8 Å². The molecule has 2 aromatic rings. The summed E-state index contributed by atoms with van der Waals surface area (Å²) >= 11 is 0. The van der Waals surface area contributed by atoms with Crippen LogP contribution in [0, 0.1) is 11.6 Å². The lowest BCUT2D eigenvalue weighted by Gasteiger charge is -2.06. The number of hydrogen-bond donors (Lipinski definition) is 2. The van der Waals surface area contributed by atoms with Crippen molar-refractivity contribution in [1.82, 2.24) is 9.97 Å². The summed E-state index contributed by atoms with van der Waals surface area (Å²) in [6.07, 6.45) is 0.584. The number of anilines is 1. The van der Waals surface area contributed by atoms with Gasteiger partial charge in [-0.05, 0) is 24.1 Å². The van der Waals surface area contributed by atoms with Crippen LogP contribution in [-0.2, 0) is 12.8 Å². The van der Waals surface area contributed by atoms with E-state index in [4.69, 9.17) is 5.73 Å². The first-order valence-electron chi connectivity index (χ1n) is 5.82. The monoisotopic (exact) mass is 265 g/mol. The SMILES string of the molecule is CCc1c(N)nc(Cc2cc(F)cc(F)c2)[nH]c1=O. The number of aromatic nitrogens is 2. The minimum atomic E-state index is -0.671. The van der Waals surface area contributed by atoms with Crippen molar-refractivity contribution in [2.75, 3.05) is 5.73 Å². The van der Waals surface area contributed by atoms with Crippen LogP contribution in [-0.4, -0.2) is 9.97 Å². The van der Waals surface area contributed by atoms with Crippen LogP contribution in [0.4, 0.5) is 14.6 Å². The Bertz CT molecular complexity index is 647. The molecule has 2 rings (SSSR count). The Hall–Kier alpha value is -2.24. The van der Waals surface area contributed by atoms with Crippen molar-refractivity contribution in [2.45, 2.75) is 19.8 Å². The summed E-state index contributed by atoms with van der Waals surface area (Å²) < 4.78 is 26.1. The lowest BCUT2D eigenvalue weighted by atomic mass is 10.1. The first-order valence-corrected chi connectivity index (χ1v) is 5.82. The normalized spacial score (nSPS) is 10.7. The Morgan fingerprint density at radius 2 is 1.89 bits per heavy atom. The van der Waals surface area contributed by atoms with Gasteiger partial charge in [0.2, 0.25) is 0 Å². The third kappa shape index (κ3) is 2.96. The third-order valence-corrected chi connectivity index (χ3v) is 2.74. The highest BCUT2D eigenvalue weighted by molar-refractivity contribution is 5.38. The van der Waals surface area contributed by atoms with Gasteiger partial charge in [-0.15, -0.1) is 0 Å². The average molecular weight is 265 g/mol. The molecule has 0 aliphatic heterocycles. The predicted molar refractivity (Wildman–Crippen MR) is 67.8 cm³/mol. The molecule has 0 spiro atoms. The van der Waals surface area contributed by atoms with Crippen molar-refractivity contribution in [3.8, 4) is 0 Å². The Morgan fingerprint density at radius 1 is 1.26 bits per heavy atom. The maximum atomic E-state index is 13.1. The van der Waals surface area contributed by atoms with Gasteiger partial charge in [0.15, 0.2) is 0 Å². The van der Waals surface area contributed by atoms with E-state index in [9.17, 15) is 13.6 Å². The number of H-pyrrole nitrogens is 1. The lowest BCUT2D eigenvalue weighted by Crippen LogP contribution is -2.19. The molecule has 100 valence electrons. The van der Waals surface area contributed by atoms with Crippen LogP contribution < -0.4 is 11.3 Å². The molecule has 0 saturated heterocycles. The lowest BCUT2D eigenvalue weighted by molar-refractivity contribution is 0.580. The Kier molecular flexibility index (Phi) is 3.59. The summed E-state index contributed by atoms with van der Waals surface area (Å²) in [5.74, 6) is -0.909. The first kappa shape index (κ1) is 13.2. The third-order valence-electron chi connectivity index (χ3n) is 2.74. The Labute approximate surface area is 108 Å². The van der Waals surface area contributed by atoms with Crippen LogP contribution in [0.15, 0.2) is 23.0 Å². The summed E-state index contributed by atoms with van der Waals surface area (Å²) in [5.41, 5.74) is 6.14. The van der Waals surface area contributed by atoms with Crippen LogP contribution in [0.3, 0.4) is 0 Å². The number of nitrogens with zero attached hydrogens (tertiary/aromatic N) is 1. The van der Waals surface area contributed by atoms with Crippen molar-refractivity contribution in [3.63, 3.8) is 0 Å². The van der Waals surface area contributed by atoms with Gasteiger partial charge >= 0.3 is 0 Å². The summed E-state index contributed by atoms with van der Waals surface area (Å²) in [7, 11) is 0. The predicted octanol–water partition coefficient (Wildman–Crippen LogP) is 1.78. The quantitative estimate of drug-likeness (QED) is 0.888. The number of nitrogens with two attached hydrogens (primary N) is 1. The number of halogens is 2. The molecule has 0 fully saturated rings. The maximum absolute atomic E-state index is 13.1. The van der Waals surface area contributed by atoms with Gasteiger partial charge in [0.05, 0.1) is 5.56 Å². The highest BCUT2D eigenvalue weighted by atomic mass is 19.1. The van der Waals surface area contributed by atoms with E-state index in [-0.39, 0.29) is 23.6 Å². The van der Waals surface area contributed by atoms with Crippen molar-refractivity contribution in [3.05, 3.63) is 57.1 Å². The molecule has 0 amide bonds. The summed E-state index contributed by atoms with van der Waals surface area (Å²) in [6.45, 7) is 1.80. The van der Waals surface area contributed by atoms with E-state index in [0.717, 1.165) is 6.07 Å². The second-order valence-corrected chi connectivity index (χ2v) is 4.18. The van der Waals surface area contributed by atoms with E-state index < -0.39 is 11.6 Å². The number of aromatic amines is 1. The van der Waals surface area contributed by atoms with Crippen molar-refractivity contribution in [2.24, 2.45) is 0 Å². The van der Waals surface area contributed by atoms with Gasteiger partial charge in [0, 0.05) is 12.5 Å². The van der Waals surface area contributed by atoms with Crippen LogP contribution >= 0.6 is 0 Å². The molecule has 0 aliphatic rings. The van der Waals surface area contributed by atoms with Crippen molar-refractivity contribution in [1.29, 1.82) is 0 Å². The van der Waals surface area contributed by atoms with E-state index >= 15 is 0 Å². The number of rotatable bonds is 3. The number of hydrogen-bond acceptors (Lipinski definition) is 3. The van der Waals surface area contributed by atoms with Gasteiger partial charge in [0.25, 0.3) is 5.56 Å². The molecule has 0 unspecified atom stereocenters. The fourth-order valence-corrected chi connectivity index (χ4v) is 1.90. The van der Waals surface area contributed by atoms with Crippen molar-refractivity contribution >= 4 is 5.82 Å². The largest absolute Gasteiger partial charge is 0.383 e. The first-order chi connectivity index (χ1) is 8.99. The fraction of sp³-hybridized carbons (Fsp3) is 0.231. The minimum Gasteiger partial charge on any atom is -0.383 e. The molecule has 19 heavy (non-hydrogen) atoms. The van der Waals surface area contributed by atoms with Gasteiger partial charge < -0.3 is 10.7 Å². The van der Waals surface area contributed by atoms with Crippen LogP contribution in [0.2, 0.25) is 0 Å². The molecular formula is C13H13F2N3O. The van der Waals surface area contributed by atoms with Crippen LogP contribution in [0.1, 0.15) is 23.9 Å². The molecule has 6 heteroatoms. The second kappa shape index (κ2) is 5.17. The molecule has 1 heterocycles. The fourth-order valence-electron chi connectivity index (χ4n) is 1.90. The summed E-state index contributed by atoms with van der Waals surface area (Å²) in [6, 6.07) is 3.16. The summed E-state index contributed by atoms with van der Waals surface area (Å²) in [5, 5.41) is 0. The molecule has 1 aromatic heterocycles. The zero-order chi connectivity index (χ0) is 14.0. The molecule has 0 saturated carbocycles. The molecule has 0 bridgehead atoms. The number of nitrogen functional groups attached to an aromatic ring is 1. The molecule has 4 nitrogen and oxygen atoms in total. The number of nitrogens with one attached hydrogen (secondary N) is 1. The Morgan fingerprint density at radius 3 is 2.42 bits per heavy atom. The Balaban J connectivity index is 2.36. The maximum Gasteiger partial charge on any atom is 0.256 e. The highest BCUT2D eigenvalue weighted by Gasteiger charge is 2.08. The van der Waals surface area contributed by atoms with E-state index in [1.807, 2.05) is 0 Å². The zero-order valence-electron chi connectivity index (χ0n) is 10.3. The highest BCUT2D eigenvalue weighted by Crippen LogP contribution is 2.12. The van der Waals surface area contributed by atoms with E-state index in [0.29, 0.717) is 17.5 Å². The summed E-state index contributed by atoms with van der Waals surface area (Å²) in [4.78, 5) is 18.3. The van der Waals surface area contributed by atoms with E-state index in [1.54, 1.807) is 6.92 Å². The van der Waals surface area contributed by atoms with Gasteiger partial charge in [-0.3, -0.25) is 4.79 Å². The van der Waals surface area contributed by atoms with E-state index in [1.165, 1.54) is 12.1 Å². The topological polar surface area (TPSA) is 71.8 Å². The molecular weight excluding hydrogens is 252 g/mol. The van der Waals surface area contributed by atoms with Gasteiger partial charge in [-0.1, -0.05) is 6.92 Å². The van der Waals surface area contributed by atoms with Gasteiger partial charge in [-0.2, -0.15) is 0 Å². The number of benzene rings is 1. The smallest absolute Gasteiger partial charge is 0.256 e. The van der Waals surface area contributed by atoms with Crippen LogP contribution in [0.5, 0.6) is 0 Å². The second-order valence-electron chi connectivity index (χ2n) is 4.18.